The molecule has 1 heterocycles. The standard InChI is InChI=1S/C24H23NO3/c1-14-11-12-17(13-15(14)2)23(26)16(3)28-24(27)22-18-7-4-5-9-20(18)25-21-10-6-8-19(21)22/h4-5,7,9,11-13,16H,6,8,10H2,1-3H3/t16-/m0/s1. The lowest BCUT2D eigenvalue weighted by molar-refractivity contribution is 0.0319. The number of ketones is 1. The molecule has 0 radical (unpaired) electrons. The summed E-state index contributed by atoms with van der Waals surface area (Å²) in [5.41, 5.74) is 6.03. The molecule has 0 aliphatic heterocycles. The Balaban J connectivity index is 1.65. The van der Waals surface area contributed by atoms with Gasteiger partial charge in [-0.15, -0.1) is 0 Å². The van der Waals surface area contributed by atoms with Crippen LogP contribution in [0.4, 0.5) is 0 Å². The lowest BCUT2D eigenvalue weighted by Crippen LogP contribution is -2.25. The summed E-state index contributed by atoms with van der Waals surface area (Å²) in [6.07, 6.45) is 1.82. The van der Waals surface area contributed by atoms with Crippen LogP contribution in [0.1, 0.15) is 56.4 Å². The van der Waals surface area contributed by atoms with Crippen molar-refractivity contribution >= 4 is 22.7 Å². The zero-order valence-electron chi connectivity index (χ0n) is 16.4. The Morgan fingerprint density at radius 2 is 1.82 bits per heavy atom. The molecule has 142 valence electrons. The molecule has 2 aromatic carbocycles. The van der Waals surface area contributed by atoms with E-state index in [4.69, 9.17) is 9.72 Å². The zero-order chi connectivity index (χ0) is 19.8. The summed E-state index contributed by atoms with van der Waals surface area (Å²) in [5.74, 6) is -0.632. The van der Waals surface area contributed by atoms with E-state index >= 15 is 0 Å². The minimum absolute atomic E-state index is 0.188. The number of aryl methyl sites for hydroxylation is 3. The van der Waals surface area contributed by atoms with Crippen LogP contribution in [0.25, 0.3) is 10.9 Å². The van der Waals surface area contributed by atoms with Gasteiger partial charge in [0.05, 0.1) is 11.1 Å². The van der Waals surface area contributed by atoms with Crippen molar-refractivity contribution in [3.63, 3.8) is 0 Å². The molecule has 0 unspecified atom stereocenters. The first-order chi connectivity index (χ1) is 13.5. The largest absolute Gasteiger partial charge is 0.451 e. The van der Waals surface area contributed by atoms with E-state index in [1.54, 1.807) is 13.0 Å². The molecule has 0 N–H and O–H groups in total. The number of esters is 1. The number of para-hydroxylation sites is 1. The lowest BCUT2D eigenvalue weighted by atomic mass is 10.0. The molecule has 3 aromatic rings. The van der Waals surface area contributed by atoms with Crippen molar-refractivity contribution in [2.45, 2.75) is 46.1 Å². The van der Waals surface area contributed by atoms with Crippen LogP contribution in [-0.2, 0) is 17.6 Å². The van der Waals surface area contributed by atoms with E-state index < -0.39 is 12.1 Å². The van der Waals surface area contributed by atoms with Crippen molar-refractivity contribution in [1.82, 2.24) is 4.98 Å². The zero-order valence-corrected chi connectivity index (χ0v) is 16.4. The number of hydrogen-bond donors (Lipinski definition) is 0. The van der Waals surface area contributed by atoms with E-state index in [0.717, 1.165) is 52.5 Å². The molecule has 4 heteroatoms. The van der Waals surface area contributed by atoms with Crippen LogP contribution in [0.5, 0.6) is 0 Å². The SMILES string of the molecule is Cc1ccc(C(=O)[C@H](C)OC(=O)c2c3c(nc4ccccc24)CCC3)cc1C. The molecule has 0 spiro atoms. The first-order valence-electron chi connectivity index (χ1n) is 9.68. The van der Waals surface area contributed by atoms with Crippen molar-refractivity contribution in [3.8, 4) is 0 Å². The van der Waals surface area contributed by atoms with Crippen molar-refractivity contribution in [2.75, 3.05) is 0 Å². The highest BCUT2D eigenvalue weighted by atomic mass is 16.5. The number of ether oxygens (including phenoxy) is 1. The average molecular weight is 373 g/mol. The number of hydrogen-bond acceptors (Lipinski definition) is 4. The van der Waals surface area contributed by atoms with Gasteiger partial charge in [0, 0.05) is 16.6 Å². The maximum absolute atomic E-state index is 13.1. The Morgan fingerprint density at radius 3 is 2.61 bits per heavy atom. The van der Waals surface area contributed by atoms with Crippen molar-refractivity contribution in [2.24, 2.45) is 0 Å². The number of pyridine rings is 1. The van der Waals surface area contributed by atoms with E-state index in [9.17, 15) is 9.59 Å². The molecule has 1 aliphatic rings. The Bertz CT molecular complexity index is 1100. The molecule has 0 fully saturated rings. The van der Waals surface area contributed by atoms with Crippen LogP contribution in [0.15, 0.2) is 42.5 Å². The Kier molecular flexibility index (Phi) is 4.71. The summed E-state index contributed by atoms with van der Waals surface area (Å²) >= 11 is 0. The van der Waals surface area contributed by atoms with Gasteiger partial charge in [0.25, 0.3) is 0 Å². The van der Waals surface area contributed by atoms with E-state index in [1.165, 1.54) is 0 Å². The smallest absolute Gasteiger partial charge is 0.339 e. The first kappa shape index (κ1) is 18.4. The van der Waals surface area contributed by atoms with Crippen molar-refractivity contribution < 1.29 is 14.3 Å². The van der Waals surface area contributed by atoms with Gasteiger partial charge < -0.3 is 4.74 Å². The number of carbonyl (C=O) groups is 2. The summed E-state index contributed by atoms with van der Waals surface area (Å²) in [4.78, 5) is 30.6. The maximum Gasteiger partial charge on any atom is 0.339 e. The fraction of sp³-hybridized carbons (Fsp3) is 0.292. The highest BCUT2D eigenvalue weighted by Gasteiger charge is 2.27. The number of rotatable bonds is 4. The van der Waals surface area contributed by atoms with Gasteiger partial charge in [-0.1, -0.05) is 30.3 Å². The molecular weight excluding hydrogens is 350 g/mol. The second-order valence-corrected chi connectivity index (χ2v) is 7.49. The number of nitrogens with zero attached hydrogens (tertiary/aromatic N) is 1. The van der Waals surface area contributed by atoms with Gasteiger partial charge in [-0.2, -0.15) is 0 Å². The second kappa shape index (κ2) is 7.19. The van der Waals surface area contributed by atoms with E-state index in [0.29, 0.717) is 11.1 Å². The molecule has 1 aliphatic carbocycles. The fourth-order valence-electron chi connectivity index (χ4n) is 3.85. The van der Waals surface area contributed by atoms with Crippen molar-refractivity contribution in [3.05, 3.63) is 76.0 Å². The van der Waals surface area contributed by atoms with Crippen LogP contribution >= 0.6 is 0 Å². The Morgan fingerprint density at radius 1 is 1.04 bits per heavy atom. The minimum Gasteiger partial charge on any atom is -0.451 e. The summed E-state index contributed by atoms with van der Waals surface area (Å²) < 4.78 is 5.64. The molecule has 0 saturated heterocycles. The molecule has 0 saturated carbocycles. The van der Waals surface area contributed by atoms with E-state index in [-0.39, 0.29) is 5.78 Å². The minimum atomic E-state index is -0.849. The lowest BCUT2D eigenvalue weighted by Gasteiger charge is -2.16. The number of Topliss-reactive ketones (excluding diaryl/α,β-unsaturated/α-hetero) is 1. The topological polar surface area (TPSA) is 56.3 Å². The monoisotopic (exact) mass is 373 g/mol. The number of carbonyl (C=O) groups excluding carboxylic acids is 2. The van der Waals surface area contributed by atoms with Gasteiger partial charge in [-0.25, -0.2) is 4.79 Å². The summed E-state index contributed by atoms with van der Waals surface area (Å²) in [5, 5.41) is 0.791. The number of benzene rings is 2. The van der Waals surface area contributed by atoms with E-state index in [1.807, 2.05) is 50.2 Å². The Hall–Kier alpha value is -3.01. The molecule has 4 rings (SSSR count). The number of aromatic nitrogens is 1. The molecule has 0 amide bonds. The summed E-state index contributed by atoms with van der Waals surface area (Å²) in [6, 6.07) is 13.2. The summed E-state index contributed by atoms with van der Waals surface area (Å²) in [6.45, 7) is 5.61. The molecule has 1 atom stereocenters. The van der Waals surface area contributed by atoms with E-state index in [2.05, 4.69) is 0 Å². The quantitative estimate of drug-likeness (QED) is 0.488. The molecule has 0 bridgehead atoms. The molecular formula is C24H23NO3. The molecule has 1 aromatic heterocycles. The predicted molar refractivity (Wildman–Crippen MR) is 109 cm³/mol. The third-order valence-corrected chi connectivity index (χ3v) is 5.57. The highest BCUT2D eigenvalue weighted by Crippen LogP contribution is 2.30. The second-order valence-electron chi connectivity index (χ2n) is 7.49. The normalized spacial score (nSPS) is 14.0. The van der Waals surface area contributed by atoms with Gasteiger partial charge in [0.1, 0.15) is 0 Å². The fourth-order valence-corrected chi connectivity index (χ4v) is 3.85. The number of fused-ring (bicyclic) bond motifs is 2. The first-order valence-corrected chi connectivity index (χ1v) is 9.68. The third-order valence-electron chi connectivity index (χ3n) is 5.57. The van der Waals surface area contributed by atoms with Gasteiger partial charge in [-0.3, -0.25) is 9.78 Å². The predicted octanol–water partition coefficient (Wildman–Crippen LogP) is 4.77. The third kappa shape index (κ3) is 3.19. The van der Waals surface area contributed by atoms with Gasteiger partial charge >= 0.3 is 5.97 Å². The van der Waals surface area contributed by atoms with Crippen LogP contribution in [0.2, 0.25) is 0 Å². The van der Waals surface area contributed by atoms with Crippen LogP contribution in [-0.4, -0.2) is 22.8 Å². The van der Waals surface area contributed by atoms with Gasteiger partial charge in [0.2, 0.25) is 5.78 Å². The summed E-state index contributed by atoms with van der Waals surface area (Å²) in [7, 11) is 0. The van der Waals surface area contributed by atoms with Gasteiger partial charge in [0.15, 0.2) is 6.10 Å². The molecule has 28 heavy (non-hydrogen) atoms. The maximum atomic E-state index is 13.1. The highest BCUT2D eigenvalue weighted by molar-refractivity contribution is 6.07. The van der Waals surface area contributed by atoms with Gasteiger partial charge in [-0.05, 0) is 68.9 Å². The average Bonchev–Trinajstić information content (AvgIpc) is 3.15. The van der Waals surface area contributed by atoms with Crippen LogP contribution < -0.4 is 0 Å². The molecule has 4 nitrogen and oxygen atoms in total. The Labute approximate surface area is 164 Å². The van der Waals surface area contributed by atoms with Crippen molar-refractivity contribution in [1.29, 1.82) is 0 Å². The van der Waals surface area contributed by atoms with Crippen LogP contribution in [0.3, 0.4) is 0 Å². The van der Waals surface area contributed by atoms with Crippen LogP contribution in [0, 0.1) is 13.8 Å².